The molecule has 0 atom stereocenters. The molecule has 2 aromatic heterocycles. The Bertz CT molecular complexity index is 576. The lowest BCUT2D eigenvalue weighted by Gasteiger charge is -2.01. The van der Waals surface area contributed by atoms with Crippen molar-refractivity contribution in [3.05, 3.63) is 46.0 Å². The van der Waals surface area contributed by atoms with Crippen molar-refractivity contribution in [3.63, 3.8) is 0 Å². The zero-order valence-corrected chi connectivity index (χ0v) is 10.4. The van der Waals surface area contributed by atoms with Crippen LogP contribution in [-0.4, -0.2) is 12.5 Å². The third kappa shape index (κ3) is 3.00. The van der Waals surface area contributed by atoms with Gasteiger partial charge in [0.1, 0.15) is 6.26 Å². The maximum atomic E-state index is 11.7. The van der Waals surface area contributed by atoms with Crippen molar-refractivity contribution in [2.24, 2.45) is 5.73 Å². The van der Waals surface area contributed by atoms with Gasteiger partial charge in [-0.3, -0.25) is 4.79 Å². The van der Waals surface area contributed by atoms with Gasteiger partial charge in [0.15, 0.2) is 0 Å². The average Bonchev–Trinajstić information content (AvgIpc) is 3.04. The van der Waals surface area contributed by atoms with Gasteiger partial charge in [-0.05, 0) is 17.5 Å². The van der Waals surface area contributed by atoms with E-state index in [1.165, 1.54) is 12.5 Å². The van der Waals surface area contributed by atoms with Crippen molar-refractivity contribution >= 4 is 17.2 Å². The Labute approximate surface area is 109 Å². The maximum Gasteiger partial charge on any atom is 0.254 e. The van der Waals surface area contributed by atoms with E-state index in [1.807, 2.05) is 11.4 Å². The van der Waals surface area contributed by atoms with E-state index in [1.54, 1.807) is 17.4 Å². The molecule has 2 aromatic rings. The van der Waals surface area contributed by atoms with Gasteiger partial charge in [-0.15, -0.1) is 11.3 Å². The van der Waals surface area contributed by atoms with Crippen molar-refractivity contribution in [3.8, 4) is 11.8 Å². The monoisotopic (exact) mass is 260 g/mol. The van der Waals surface area contributed by atoms with E-state index >= 15 is 0 Å². The highest BCUT2D eigenvalue weighted by Gasteiger charge is 2.08. The lowest BCUT2D eigenvalue weighted by Crippen LogP contribution is -2.22. The van der Waals surface area contributed by atoms with E-state index in [0.717, 1.165) is 10.4 Å². The fraction of sp³-hybridized carbons (Fsp3) is 0.154. The fourth-order valence-corrected chi connectivity index (χ4v) is 2.16. The van der Waals surface area contributed by atoms with Gasteiger partial charge in [-0.25, -0.2) is 0 Å². The summed E-state index contributed by atoms with van der Waals surface area (Å²) in [5, 5.41) is 4.76. The Morgan fingerprint density at radius 2 is 2.39 bits per heavy atom. The molecule has 0 spiro atoms. The Balaban J connectivity index is 1.98. The summed E-state index contributed by atoms with van der Waals surface area (Å²) in [6.45, 7) is 0.785. The van der Waals surface area contributed by atoms with E-state index in [4.69, 9.17) is 10.2 Å². The number of rotatable bonds is 3. The molecule has 4 nitrogen and oxygen atoms in total. The molecule has 0 unspecified atom stereocenters. The molecule has 2 rings (SSSR count). The van der Waals surface area contributed by atoms with Crippen LogP contribution in [0.15, 0.2) is 34.5 Å². The second-order valence-corrected chi connectivity index (χ2v) is 4.46. The van der Waals surface area contributed by atoms with Gasteiger partial charge in [0.05, 0.1) is 24.9 Å². The van der Waals surface area contributed by atoms with E-state index in [-0.39, 0.29) is 5.91 Å². The van der Waals surface area contributed by atoms with E-state index in [2.05, 4.69) is 17.2 Å². The van der Waals surface area contributed by atoms with Crippen LogP contribution in [0.4, 0.5) is 0 Å². The van der Waals surface area contributed by atoms with Gasteiger partial charge in [-0.1, -0.05) is 11.8 Å². The third-order valence-electron chi connectivity index (χ3n) is 2.26. The number of furan rings is 1. The van der Waals surface area contributed by atoms with Crippen molar-refractivity contribution in [2.75, 3.05) is 6.54 Å². The summed E-state index contributed by atoms with van der Waals surface area (Å²) in [7, 11) is 0. The molecule has 1 amide bonds. The molecule has 0 aliphatic rings. The number of amides is 1. The minimum atomic E-state index is -0.158. The first-order valence-corrected chi connectivity index (χ1v) is 6.25. The molecule has 3 N–H and O–H groups in total. The third-order valence-corrected chi connectivity index (χ3v) is 3.18. The van der Waals surface area contributed by atoms with Crippen molar-refractivity contribution in [1.82, 2.24) is 5.32 Å². The molecule has 0 bridgehead atoms. The van der Waals surface area contributed by atoms with Crippen LogP contribution in [0, 0.1) is 11.8 Å². The molecular formula is C13H12N2O2S. The molecule has 92 valence electrons. The van der Waals surface area contributed by atoms with Crippen LogP contribution >= 0.6 is 11.3 Å². The number of hydrogen-bond donors (Lipinski definition) is 2. The zero-order valence-electron chi connectivity index (χ0n) is 9.60. The number of nitrogens with one attached hydrogen (secondary N) is 1. The van der Waals surface area contributed by atoms with Crippen LogP contribution in [0.25, 0.3) is 0 Å². The maximum absolute atomic E-state index is 11.7. The number of nitrogens with two attached hydrogens (primary N) is 1. The van der Waals surface area contributed by atoms with Crippen molar-refractivity contribution < 1.29 is 9.21 Å². The molecule has 0 fully saturated rings. The zero-order chi connectivity index (χ0) is 12.8. The quantitative estimate of drug-likeness (QED) is 0.823. The average molecular weight is 260 g/mol. The second kappa shape index (κ2) is 6.05. The highest BCUT2D eigenvalue weighted by molar-refractivity contribution is 7.10. The van der Waals surface area contributed by atoms with Crippen LogP contribution < -0.4 is 11.1 Å². The largest absolute Gasteiger partial charge is 0.472 e. The van der Waals surface area contributed by atoms with E-state index < -0.39 is 0 Å². The molecule has 0 saturated heterocycles. The number of carbonyl (C=O) groups is 1. The SMILES string of the molecule is NCC#Cc1ccsc1CNC(=O)c1ccoc1. The predicted octanol–water partition coefficient (Wildman–Crippen LogP) is 1.58. The first kappa shape index (κ1) is 12.4. The Hall–Kier alpha value is -2.03. The van der Waals surface area contributed by atoms with E-state index in [0.29, 0.717) is 18.7 Å². The van der Waals surface area contributed by atoms with Gasteiger partial charge >= 0.3 is 0 Å². The summed E-state index contributed by atoms with van der Waals surface area (Å²) < 4.78 is 4.86. The Morgan fingerprint density at radius 1 is 1.50 bits per heavy atom. The molecular weight excluding hydrogens is 248 g/mol. The highest BCUT2D eigenvalue weighted by atomic mass is 32.1. The molecule has 0 aliphatic heterocycles. The molecule has 5 heteroatoms. The van der Waals surface area contributed by atoms with Crippen LogP contribution in [-0.2, 0) is 6.54 Å². The highest BCUT2D eigenvalue weighted by Crippen LogP contribution is 2.15. The smallest absolute Gasteiger partial charge is 0.254 e. The van der Waals surface area contributed by atoms with Gasteiger partial charge in [0.25, 0.3) is 5.91 Å². The topological polar surface area (TPSA) is 68.3 Å². The minimum absolute atomic E-state index is 0.158. The number of thiophene rings is 1. The van der Waals surface area contributed by atoms with Crippen LogP contribution in [0.2, 0.25) is 0 Å². The number of carbonyl (C=O) groups excluding carboxylic acids is 1. The Kier molecular flexibility index (Phi) is 4.18. The lowest BCUT2D eigenvalue weighted by molar-refractivity contribution is 0.0950. The molecule has 0 radical (unpaired) electrons. The fourth-order valence-electron chi connectivity index (χ4n) is 1.39. The Morgan fingerprint density at radius 3 is 3.11 bits per heavy atom. The second-order valence-electron chi connectivity index (χ2n) is 3.46. The number of hydrogen-bond acceptors (Lipinski definition) is 4. The molecule has 0 saturated carbocycles. The molecule has 18 heavy (non-hydrogen) atoms. The summed E-state index contributed by atoms with van der Waals surface area (Å²) >= 11 is 1.56. The predicted molar refractivity (Wildman–Crippen MR) is 70.1 cm³/mol. The standard InChI is InChI=1S/C13H12N2O2S/c14-5-1-2-10-4-7-18-12(10)8-15-13(16)11-3-6-17-9-11/h3-4,6-7,9H,5,8,14H2,(H,15,16). The first-order chi connectivity index (χ1) is 8.81. The van der Waals surface area contributed by atoms with E-state index in [9.17, 15) is 4.79 Å². The summed E-state index contributed by atoms with van der Waals surface area (Å²) in [5.74, 6) is 5.62. The summed E-state index contributed by atoms with van der Waals surface area (Å²) in [6, 6.07) is 3.55. The molecule has 0 aromatic carbocycles. The van der Waals surface area contributed by atoms with Crippen molar-refractivity contribution in [2.45, 2.75) is 6.54 Å². The van der Waals surface area contributed by atoms with Crippen LogP contribution in [0.5, 0.6) is 0 Å². The summed E-state index contributed by atoms with van der Waals surface area (Å²) in [5.41, 5.74) is 6.76. The van der Waals surface area contributed by atoms with Gasteiger partial charge < -0.3 is 15.5 Å². The summed E-state index contributed by atoms with van der Waals surface area (Å²) in [6.07, 6.45) is 2.89. The van der Waals surface area contributed by atoms with Gasteiger partial charge in [0.2, 0.25) is 0 Å². The molecule has 2 heterocycles. The van der Waals surface area contributed by atoms with Gasteiger partial charge in [-0.2, -0.15) is 0 Å². The lowest BCUT2D eigenvalue weighted by atomic mass is 10.2. The van der Waals surface area contributed by atoms with Gasteiger partial charge in [0, 0.05) is 10.4 Å². The normalized spacial score (nSPS) is 9.61. The van der Waals surface area contributed by atoms with Crippen LogP contribution in [0.3, 0.4) is 0 Å². The molecule has 0 aliphatic carbocycles. The van der Waals surface area contributed by atoms with Crippen LogP contribution in [0.1, 0.15) is 20.8 Å². The van der Waals surface area contributed by atoms with Crippen molar-refractivity contribution in [1.29, 1.82) is 0 Å². The summed E-state index contributed by atoms with van der Waals surface area (Å²) in [4.78, 5) is 12.7. The first-order valence-electron chi connectivity index (χ1n) is 5.37. The minimum Gasteiger partial charge on any atom is -0.472 e.